The van der Waals surface area contributed by atoms with Crippen molar-refractivity contribution in [3.8, 4) is 0 Å². The van der Waals surface area contributed by atoms with Crippen LogP contribution in [0.2, 0.25) is 0 Å². The third-order valence-electron chi connectivity index (χ3n) is 9.87. The fourth-order valence-electron chi connectivity index (χ4n) is 6.24. The summed E-state index contributed by atoms with van der Waals surface area (Å²) >= 11 is 0. The molecule has 61 heavy (non-hydrogen) atoms. The summed E-state index contributed by atoms with van der Waals surface area (Å²) in [5.41, 5.74) is 0. The molecule has 0 aromatic rings. The Labute approximate surface area is 374 Å². The van der Waals surface area contributed by atoms with Gasteiger partial charge in [-0.2, -0.15) is 0 Å². The minimum Gasteiger partial charge on any atom is -0.462 e. The van der Waals surface area contributed by atoms with Gasteiger partial charge in [-0.25, -0.2) is 0 Å². The summed E-state index contributed by atoms with van der Waals surface area (Å²) < 4.78 is 16.7. The van der Waals surface area contributed by atoms with Crippen LogP contribution in [0.3, 0.4) is 0 Å². The van der Waals surface area contributed by atoms with Crippen LogP contribution in [0.5, 0.6) is 0 Å². The molecule has 1 atom stereocenters. The van der Waals surface area contributed by atoms with Gasteiger partial charge in [0.1, 0.15) is 13.2 Å². The summed E-state index contributed by atoms with van der Waals surface area (Å²) in [6.45, 7) is 6.26. The van der Waals surface area contributed by atoms with E-state index in [0.717, 1.165) is 83.5 Å². The topological polar surface area (TPSA) is 78.9 Å². The molecule has 0 saturated heterocycles. The van der Waals surface area contributed by atoms with Crippen LogP contribution in [0.1, 0.15) is 201 Å². The number of unbranched alkanes of at least 4 members (excludes halogenated alkanes) is 17. The molecule has 1 unspecified atom stereocenters. The molecule has 0 saturated carbocycles. The molecule has 0 rings (SSSR count). The van der Waals surface area contributed by atoms with E-state index in [0.29, 0.717) is 25.7 Å². The Morgan fingerprint density at radius 2 is 0.738 bits per heavy atom. The first-order valence-corrected chi connectivity index (χ1v) is 24.5. The summed E-state index contributed by atoms with van der Waals surface area (Å²) in [4.78, 5) is 37.8. The first-order valence-electron chi connectivity index (χ1n) is 24.5. The normalized spacial score (nSPS) is 13.0. The molecule has 0 spiro atoms. The van der Waals surface area contributed by atoms with E-state index in [1.54, 1.807) is 0 Å². The zero-order chi connectivity index (χ0) is 44.4. The highest BCUT2D eigenvalue weighted by atomic mass is 16.6. The quantitative estimate of drug-likeness (QED) is 0.0200. The largest absolute Gasteiger partial charge is 0.462 e. The van der Waals surface area contributed by atoms with Gasteiger partial charge in [0.2, 0.25) is 0 Å². The minimum atomic E-state index is -0.813. The van der Waals surface area contributed by atoms with Crippen LogP contribution < -0.4 is 0 Å². The standard InChI is InChI=1S/C55H88O6/c1-4-7-10-13-16-19-21-23-25-26-27-28-30-31-33-36-39-42-45-48-54(57)60-51-52(50-59-53(56)47-44-41-38-35-18-15-12-9-6-3)61-55(58)49-46-43-40-37-34-32-29-24-22-20-17-14-11-8-5-2/h7-8,10-11,14,16-17,19-20,22-25,29,32,34-35,38,52H,4-6,9,12-13,15,18,21,26-28,30-31,33,36-37,39-51H2,1-3H3/b10-7-,11-8-,17-14-,19-16-,22-20-,25-23-,29-24-,34-32-,38-35-. The third kappa shape index (κ3) is 47.0. The van der Waals surface area contributed by atoms with E-state index in [1.807, 2.05) is 48.6 Å². The highest BCUT2D eigenvalue weighted by Crippen LogP contribution is 2.13. The van der Waals surface area contributed by atoms with E-state index >= 15 is 0 Å². The molecule has 0 aromatic heterocycles. The molecule has 0 fully saturated rings. The number of allylic oxidation sites excluding steroid dienone is 18. The highest BCUT2D eigenvalue weighted by Gasteiger charge is 2.19. The van der Waals surface area contributed by atoms with Crippen molar-refractivity contribution < 1.29 is 28.6 Å². The molecule has 0 bridgehead atoms. The molecule has 0 N–H and O–H groups in total. The van der Waals surface area contributed by atoms with E-state index in [-0.39, 0.29) is 37.5 Å². The van der Waals surface area contributed by atoms with Crippen LogP contribution in [0.15, 0.2) is 109 Å². The van der Waals surface area contributed by atoms with Gasteiger partial charge in [0.25, 0.3) is 0 Å². The molecule has 6 nitrogen and oxygen atoms in total. The van der Waals surface area contributed by atoms with Gasteiger partial charge in [0.05, 0.1) is 0 Å². The minimum absolute atomic E-state index is 0.109. The second-order valence-corrected chi connectivity index (χ2v) is 15.7. The van der Waals surface area contributed by atoms with Gasteiger partial charge in [-0.3, -0.25) is 14.4 Å². The molecule has 0 aromatic carbocycles. The second-order valence-electron chi connectivity index (χ2n) is 15.7. The van der Waals surface area contributed by atoms with Crippen LogP contribution in [0, 0.1) is 0 Å². The van der Waals surface area contributed by atoms with Gasteiger partial charge in [-0.05, 0) is 89.9 Å². The van der Waals surface area contributed by atoms with E-state index in [1.165, 1.54) is 64.2 Å². The van der Waals surface area contributed by atoms with E-state index in [2.05, 4.69) is 81.5 Å². The summed E-state index contributed by atoms with van der Waals surface area (Å²) in [5, 5.41) is 0. The van der Waals surface area contributed by atoms with Gasteiger partial charge >= 0.3 is 17.9 Å². The van der Waals surface area contributed by atoms with Crippen molar-refractivity contribution in [2.75, 3.05) is 13.2 Å². The molecule has 0 radical (unpaired) electrons. The Morgan fingerprint density at radius 1 is 0.361 bits per heavy atom. The SMILES string of the molecule is CC\C=C/C=C\C=C/C=C\C=C/CCCCCC(=O)OC(COC(=O)CCC/C=C\CCCCCC)COC(=O)CCCCCCCCCCC/C=C\C/C=C\C/C=C\CC. The monoisotopic (exact) mass is 845 g/mol. The maximum Gasteiger partial charge on any atom is 0.306 e. The van der Waals surface area contributed by atoms with Crippen LogP contribution in [-0.4, -0.2) is 37.2 Å². The Bertz CT molecular complexity index is 1290. The molecule has 0 aliphatic rings. The molecule has 0 heterocycles. The average molecular weight is 845 g/mol. The lowest BCUT2D eigenvalue weighted by atomic mass is 10.1. The van der Waals surface area contributed by atoms with Gasteiger partial charge in [0.15, 0.2) is 6.10 Å². The zero-order valence-corrected chi connectivity index (χ0v) is 39.1. The molecule has 0 aliphatic heterocycles. The van der Waals surface area contributed by atoms with E-state index in [4.69, 9.17) is 14.2 Å². The van der Waals surface area contributed by atoms with Crippen molar-refractivity contribution in [3.05, 3.63) is 109 Å². The van der Waals surface area contributed by atoms with Crippen LogP contribution in [-0.2, 0) is 28.6 Å². The number of esters is 3. The van der Waals surface area contributed by atoms with Crippen molar-refractivity contribution in [2.24, 2.45) is 0 Å². The van der Waals surface area contributed by atoms with E-state index in [9.17, 15) is 14.4 Å². The second kappa shape index (κ2) is 48.7. The summed E-state index contributed by atoms with van der Waals surface area (Å²) in [5.74, 6) is -1.00. The lowest BCUT2D eigenvalue weighted by Gasteiger charge is -2.18. The summed E-state index contributed by atoms with van der Waals surface area (Å²) in [6.07, 6.45) is 65.1. The predicted molar refractivity (Wildman–Crippen MR) is 260 cm³/mol. The first kappa shape index (κ1) is 57.1. The molecule has 0 aliphatic carbocycles. The number of carbonyl (C=O) groups is 3. The van der Waals surface area contributed by atoms with Gasteiger partial charge in [0, 0.05) is 19.3 Å². The Hall–Kier alpha value is -3.93. The van der Waals surface area contributed by atoms with Crippen molar-refractivity contribution in [2.45, 2.75) is 207 Å². The van der Waals surface area contributed by atoms with Crippen molar-refractivity contribution in [3.63, 3.8) is 0 Å². The maximum atomic E-state index is 12.7. The predicted octanol–water partition coefficient (Wildman–Crippen LogP) is 16.0. The van der Waals surface area contributed by atoms with Gasteiger partial charge < -0.3 is 14.2 Å². The fourth-order valence-corrected chi connectivity index (χ4v) is 6.24. The van der Waals surface area contributed by atoms with Gasteiger partial charge in [-0.15, -0.1) is 0 Å². The van der Waals surface area contributed by atoms with Gasteiger partial charge in [-0.1, -0.05) is 201 Å². The highest BCUT2D eigenvalue weighted by molar-refractivity contribution is 5.71. The molecular formula is C55H88O6. The van der Waals surface area contributed by atoms with Crippen LogP contribution in [0.25, 0.3) is 0 Å². The Morgan fingerprint density at radius 3 is 1.30 bits per heavy atom. The molecule has 0 amide bonds. The smallest absolute Gasteiger partial charge is 0.306 e. The lowest BCUT2D eigenvalue weighted by Crippen LogP contribution is -2.30. The van der Waals surface area contributed by atoms with Crippen molar-refractivity contribution in [1.82, 2.24) is 0 Å². The third-order valence-corrected chi connectivity index (χ3v) is 9.87. The molecule has 6 heteroatoms. The van der Waals surface area contributed by atoms with Crippen LogP contribution in [0.4, 0.5) is 0 Å². The van der Waals surface area contributed by atoms with E-state index < -0.39 is 6.10 Å². The number of rotatable bonds is 42. The Balaban J connectivity index is 4.43. The zero-order valence-electron chi connectivity index (χ0n) is 39.1. The summed E-state index contributed by atoms with van der Waals surface area (Å²) in [6, 6.07) is 0. The van der Waals surface area contributed by atoms with Crippen LogP contribution >= 0.6 is 0 Å². The molecule has 344 valence electrons. The molecular weight excluding hydrogens is 757 g/mol. The maximum absolute atomic E-state index is 12.7. The number of hydrogen-bond acceptors (Lipinski definition) is 6. The number of carbonyl (C=O) groups excluding carboxylic acids is 3. The Kier molecular flexibility index (Phi) is 45.6. The number of hydrogen-bond donors (Lipinski definition) is 0. The van der Waals surface area contributed by atoms with Crippen molar-refractivity contribution in [1.29, 1.82) is 0 Å². The number of ether oxygens (including phenoxy) is 3. The average Bonchev–Trinajstić information content (AvgIpc) is 3.26. The van der Waals surface area contributed by atoms with Crippen molar-refractivity contribution >= 4 is 17.9 Å². The lowest BCUT2D eigenvalue weighted by molar-refractivity contribution is -0.167. The first-order chi connectivity index (χ1) is 30.0. The fraction of sp³-hybridized carbons (Fsp3) is 0.618. The summed E-state index contributed by atoms with van der Waals surface area (Å²) in [7, 11) is 0.